The predicted molar refractivity (Wildman–Crippen MR) is 153 cm³/mol. The molecule has 0 aliphatic rings. The number of hydrogen-bond acceptors (Lipinski definition) is 5. The molecule has 1 amide bonds. The van der Waals surface area contributed by atoms with Gasteiger partial charge in [-0.1, -0.05) is 62.9 Å². The van der Waals surface area contributed by atoms with Gasteiger partial charge < -0.3 is 9.47 Å². The zero-order valence-corrected chi connectivity index (χ0v) is 23.2. The number of rotatable bonds is 8. The fraction of sp³-hybridized carbons (Fsp3) is 0.0690. The van der Waals surface area contributed by atoms with Gasteiger partial charge >= 0.3 is 5.97 Å². The van der Waals surface area contributed by atoms with Crippen molar-refractivity contribution in [3.63, 3.8) is 0 Å². The molecule has 0 aliphatic heterocycles. The van der Waals surface area contributed by atoms with Gasteiger partial charge in [0.1, 0.15) is 18.1 Å². The first-order chi connectivity index (χ1) is 18.3. The van der Waals surface area contributed by atoms with Crippen LogP contribution in [0.25, 0.3) is 0 Å². The van der Waals surface area contributed by atoms with Crippen molar-refractivity contribution in [2.75, 3.05) is 0 Å². The zero-order valence-electron chi connectivity index (χ0n) is 20.1. The van der Waals surface area contributed by atoms with Crippen molar-refractivity contribution in [1.29, 1.82) is 0 Å². The predicted octanol–water partition coefficient (Wildman–Crippen LogP) is 7.63. The van der Waals surface area contributed by atoms with Crippen molar-refractivity contribution in [2.24, 2.45) is 5.10 Å². The summed E-state index contributed by atoms with van der Waals surface area (Å²) in [5.74, 6) is -0.0255. The normalized spacial score (nSPS) is 10.8. The van der Waals surface area contributed by atoms with Crippen LogP contribution in [0.15, 0.2) is 94.5 Å². The lowest BCUT2D eigenvalue weighted by Crippen LogP contribution is -2.17. The van der Waals surface area contributed by atoms with E-state index in [1.54, 1.807) is 78.9 Å². The molecule has 0 bridgehead atoms. The molecule has 0 aliphatic carbocycles. The molecule has 0 saturated heterocycles. The Morgan fingerprint density at radius 2 is 1.74 bits per heavy atom. The molecule has 0 radical (unpaired) electrons. The molecule has 38 heavy (non-hydrogen) atoms. The lowest BCUT2D eigenvalue weighted by molar-refractivity contribution is 0.0734. The van der Waals surface area contributed by atoms with E-state index in [4.69, 9.17) is 32.7 Å². The number of halogens is 3. The van der Waals surface area contributed by atoms with Crippen LogP contribution >= 0.6 is 39.1 Å². The smallest absolute Gasteiger partial charge is 0.343 e. The average molecular weight is 612 g/mol. The van der Waals surface area contributed by atoms with E-state index < -0.39 is 11.9 Å². The van der Waals surface area contributed by atoms with Gasteiger partial charge in [-0.25, -0.2) is 10.2 Å². The third-order valence-corrected chi connectivity index (χ3v) is 6.40. The molecule has 0 fully saturated rings. The quantitative estimate of drug-likeness (QED) is 0.0962. The van der Waals surface area contributed by atoms with Gasteiger partial charge in [-0.3, -0.25) is 4.79 Å². The Hall–Kier alpha value is -3.65. The zero-order chi connectivity index (χ0) is 27.1. The van der Waals surface area contributed by atoms with Crippen LogP contribution in [0.5, 0.6) is 11.5 Å². The van der Waals surface area contributed by atoms with Crippen molar-refractivity contribution >= 4 is 57.2 Å². The summed E-state index contributed by atoms with van der Waals surface area (Å²) in [7, 11) is 0. The second kappa shape index (κ2) is 12.7. The minimum absolute atomic E-state index is 0.259. The molecule has 6 nitrogen and oxygen atoms in total. The molecule has 0 saturated carbocycles. The maximum absolute atomic E-state index is 12.6. The van der Waals surface area contributed by atoms with Gasteiger partial charge in [-0.15, -0.1) is 0 Å². The van der Waals surface area contributed by atoms with Crippen molar-refractivity contribution in [3.8, 4) is 11.5 Å². The molecule has 0 aromatic heterocycles. The summed E-state index contributed by atoms with van der Waals surface area (Å²) in [4.78, 5) is 25.1. The molecule has 0 spiro atoms. The van der Waals surface area contributed by atoms with E-state index in [-0.39, 0.29) is 6.61 Å². The van der Waals surface area contributed by atoms with Gasteiger partial charge in [0, 0.05) is 31.2 Å². The molecule has 4 aromatic carbocycles. The Balaban J connectivity index is 1.37. The molecular weight excluding hydrogens is 591 g/mol. The van der Waals surface area contributed by atoms with E-state index in [1.165, 1.54) is 6.21 Å². The summed E-state index contributed by atoms with van der Waals surface area (Å²) in [6, 6.07) is 24.0. The number of nitrogens with one attached hydrogen (secondary N) is 1. The molecule has 9 heteroatoms. The Bertz CT molecular complexity index is 1510. The molecule has 1 N–H and O–H groups in total. The van der Waals surface area contributed by atoms with Crippen LogP contribution in [0.2, 0.25) is 10.0 Å². The Labute approximate surface area is 238 Å². The van der Waals surface area contributed by atoms with Crippen LogP contribution in [-0.4, -0.2) is 18.1 Å². The molecule has 4 rings (SSSR count). The van der Waals surface area contributed by atoms with Gasteiger partial charge in [0.25, 0.3) is 5.91 Å². The standard InChI is InChI=1S/C29H21BrCl2N2O4/c1-18-3-2-4-20(13-18)29(36)38-27-12-8-23(30)14-22(27)16-33-34-28(35)19-6-10-25(11-7-19)37-17-21-5-9-24(31)15-26(21)32/h2-16H,17H2,1H3,(H,34,35)/b33-16-. The van der Waals surface area contributed by atoms with Crippen LogP contribution < -0.4 is 14.9 Å². The highest BCUT2D eigenvalue weighted by molar-refractivity contribution is 9.10. The van der Waals surface area contributed by atoms with Crippen LogP contribution in [0, 0.1) is 6.92 Å². The van der Waals surface area contributed by atoms with Crippen LogP contribution in [0.3, 0.4) is 0 Å². The van der Waals surface area contributed by atoms with Crippen molar-refractivity contribution in [2.45, 2.75) is 13.5 Å². The number of hydrogen-bond donors (Lipinski definition) is 1. The molecule has 0 atom stereocenters. The number of carbonyl (C=O) groups is 2. The van der Waals surface area contributed by atoms with Gasteiger partial charge in [0.05, 0.1) is 11.8 Å². The second-order valence-electron chi connectivity index (χ2n) is 8.19. The molecule has 0 heterocycles. The fourth-order valence-electron chi connectivity index (χ4n) is 3.37. The number of esters is 1. The monoisotopic (exact) mass is 610 g/mol. The fourth-order valence-corrected chi connectivity index (χ4v) is 4.21. The molecule has 0 unspecified atom stereocenters. The number of nitrogens with zero attached hydrogens (tertiary/aromatic N) is 1. The number of hydrazone groups is 1. The van der Waals surface area contributed by atoms with E-state index in [0.717, 1.165) is 15.6 Å². The van der Waals surface area contributed by atoms with Gasteiger partial charge in [-0.05, 0) is 73.7 Å². The molecule has 192 valence electrons. The van der Waals surface area contributed by atoms with E-state index in [9.17, 15) is 9.59 Å². The second-order valence-corrected chi connectivity index (χ2v) is 9.95. The van der Waals surface area contributed by atoms with Gasteiger partial charge in [-0.2, -0.15) is 5.10 Å². The van der Waals surface area contributed by atoms with Gasteiger partial charge in [0.2, 0.25) is 0 Å². The minimum Gasteiger partial charge on any atom is -0.489 e. The van der Waals surface area contributed by atoms with E-state index >= 15 is 0 Å². The van der Waals surface area contributed by atoms with Crippen molar-refractivity contribution in [1.82, 2.24) is 5.43 Å². The summed E-state index contributed by atoms with van der Waals surface area (Å²) in [6.07, 6.45) is 1.41. The maximum atomic E-state index is 12.6. The SMILES string of the molecule is Cc1cccc(C(=O)Oc2ccc(Br)cc2/C=N\NC(=O)c2ccc(OCc3ccc(Cl)cc3Cl)cc2)c1. The van der Waals surface area contributed by atoms with Crippen molar-refractivity contribution in [3.05, 3.63) is 127 Å². The molecular formula is C29H21BrCl2N2O4. The van der Waals surface area contributed by atoms with Gasteiger partial charge in [0.15, 0.2) is 0 Å². The number of benzene rings is 4. The van der Waals surface area contributed by atoms with E-state index in [1.807, 2.05) is 13.0 Å². The third kappa shape index (κ3) is 7.44. The Kier molecular flexibility index (Phi) is 9.18. The van der Waals surface area contributed by atoms with Crippen LogP contribution in [0.4, 0.5) is 0 Å². The summed E-state index contributed by atoms with van der Waals surface area (Å²) in [5.41, 5.74) is 5.56. The minimum atomic E-state index is -0.490. The largest absolute Gasteiger partial charge is 0.489 e. The van der Waals surface area contributed by atoms with Crippen LogP contribution in [0.1, 0.15) is 37.4 Å². The molecule has 4 aromatic rings. The summed E-state index contributed by atoms with van der Waals surface area (Å²) < 4.78 is 12.1. The third-order valence-electron chi connectivity index (χ3n) is 5.32. The summed E-state index contributed by atoms with van der Waals surface area (Å²) in [6.45, 7) is 2.16. The van der Waals surface area contributed by atoms with E-state index in [0.29, 0.717) is 38.2 Å². The maximum Gasteiger partial charge on any atom is 0.343 e. The Morgan fingerprint density at radius 1 is 0.947 bits per heavy atom. The highest BCUT2D eigenvalue weighted by Gasteiger charge is 2.12. The number of aryl methyl sites for hydroxylation is 1. The summed E-state index contributed by atoms with van der Waals surface area (Å²) >= 11 is 15.5. The first-order valence-electron chi connectivity index (χ1n) is 11.4. The first kappa shape index (κ1) is 27.4. The lowest BCUT2D eigenvalue weighted by Gasteiger charge is -2.09. The van der Waals surface area contributed by atoms with Crippen molar-refractivity contribution < 1.29 is 19.1 Å². The number of amides is 1. The highest BCUT2D eigenvalue weighted by atomic mass is 79.9. The topological polar surface area (TPSA) is 77.0 Å². The van der Waals surface area contributed by atoms with E-state index in [2.05, 4.69) is 26.5 Å². The first-order valence-corrected chi connectivity index (χ1v) is 12.9. The summed E-state index contributed by atoms with van der Waals surface area (Å²) in [5, 5.41) is 5.11. The number of carbonyl (C=O) groups excluding carboxylic acids is 2. The van der Waals surface area contributed by atoms with Crippen LogP contribution in [-0.2, 0) is 6.61 Å². The highest BCUT2D eigenvalue weighted by Crippen LogP contribution is 2.24. The number of ether oxygens (including phenoxy) is 2. The lowest BCUT2D eigenvalue weighted by atomic mass is 10.1. The average Bonchev–Trinajstić information content (AvgIpc) is 2.90. The Morgan fingerprint density at radius 3 is 2.47 bits per heavy atom.